The first-order valence-electron chi connectivity index (χ1n) is 7.63. The van der Waals surface area contributed by atoms with E-state index >= 15 is 0 Å². The fourth-order valence-corrected chi connectivity index (χ4v) is 3.33. The van der Waals surface area contributed by atoms with Gasteiger partial charge >= 0.3 is 0 Å². The molecule has 0 saturated heterocycles. The van der Waals surface area contributed by atoms with E-state index in [4.69, 9.17) is 4.98 Å². The number of aromatic nitrogens is 2. The maximum Gasteiger partial charge on any atom is 0.141 e. The van der Waals surface area contributed by atoms with E-state index in [1.54, 1.807) is 0 Å². The number of allylic oxidation sites excluding steroid dienone is 1. The molecule has 0 bridgehead atoms. The Morgan fingerprint density at radius 1 is 1.18 bits per heavy atom. The molecule has 3 aromatic rings. The first-order valence-corrected chi connectivity index (χ1v) is 8.61. The number of hydrogen-bond acceptors (Lipinski definition) is 2. The molecule has 1 heterocycles. The van der Waals surface area contributed by atoms with E-state index in [1.165, 1.54) is 16.8 Å². The molecule has 2 aromatic carbocycles. The van der Waals surface area contributed by atoms with Crippen molar-refractivity contribution in [3.8, 4) is 11.4 Å². The third kappa shape index (κ3) is 2.95. The highest BCUT2D eigenvalue weighted by molar-refractivity contribution is 7.99. The lowest BCUT2D eigenvalue weighted by Crippen LogP contribution is -1.98. The Morgan fingerprint density at radius 2 is 2.00 bits per heavy atom. The van der Waals surface area contributed by atoms with Crippen molar-refractivity contribution >= 4 is 22.8 Å². The van der Waals surface area contributed by atoms with Gasteiger partial charge in [-0.3, -0.25) is 0 Å². The highest BCUT2D eigenvalue weighted by Gasteiger charge is 2.12. The number of imidazole rings is 1. The minimum Gasteiger partial charge on any atom is -0.320 e. The maximum atomic E-state index is 4.83. The molecule has 0 aliphatic rings. The molecule has 0 fully saturated rings. The van der Waals surface area contributed by atoms with Crippen molar-refractivity contribution in [2.24, 2.45) is 0 Å². The highest BCUT2D eigenvalue weighted by Crippen LogP contribution is 2.28. The van der Waals surface area contributed by atoms with Gasteiger partial charge in [0.05, 0.1) is 11.0 Å². The standard InChI is InChI=1S/C19H20N2S/c1-3-12-21-18-14-16(22-13-4-2)10-11-17(18)20-19(21)15-8-6-5-7-9-15/h3,5-11,14H,1,4,12-13H2,2H3. The van der Waals surface area contributed by atoms with E-state index in [-0.39, 0.29) is 0 Å². The Kier molecular flexibility index (Phi) is 4.64. The van der Waals surface area contributed by atoms with Crippen molar-refractivity contribution < 1.29 is 0 Å². The fraction of sp³-hybridized carbons (Fsp3) is 0.211. The van der Waals surface area contributed by atoms with E-state index in [9.17, 15) is 0 Å². The second kappa shape index (κ2) is 6.84. The second-order valence-corrected chi connectivity index (χ2v) is 6.37. The molecule has 0 spiro atoms. The fourth-order valence-electron chi connectivity index (χ4n) is 2.53. The first-order chi connectivity index (χ1) is 10.8. The average Bonchev–Trinajstić information content (AvgIpc) is 2.92. The van der Waals surface area contributed by atoms with Gasteiger partial charge in [0.2, 0.25) is 0 Å². The molecule has 1 aromatic heterocycles. The van der Waals surface area contributed by atoms with Gasteiger partial charge in [-0.05, 0) is 30.4 Å². The summed E-state index contributed by atoms with van der Waals surface area (Å²) in [6.45, 7) is 6.87. The Morgan fingerprint density at radius 3 is 2.73 bits per heavy atom. The second-order valence-electron chi connectivity index (χ2n) is 5.20. The van der Waals surface area contributed by atoms with E-state index in [1.807, 2.05) is 23.9 Å². The van der Waals surface area contributed by atoms with Gasteiger partial charge in [0.1, 0.15) is 5.82 Å². The van der Waals surface area contributed by atoms with Gasteiger partial charge in [-0.1, -0.05) is 43.3 Å². The molecule has 0 saturated carbocycles. The van der Waals surface area contributed by atoms with Crippen LogP contribution in [0.1, 0.15) is 13.3 Å². The first kappa shape index (κ1) is 14.9. The Balaban J connectivity index is 2.12. The summed E-state index contributed by atoms with van der Waals surface area (Å²) in [4.78, 5) is 6.13. The van der Waals surface area contributed by atoms with Gasteiger partial charge in [-0.2, -0.15) is 0 Å². The predicted molar refractivity (Wildman–Crippen MR) is 96.4 cm³/mol. The van der Waals surface area contributed by atoms with Crippen molar-refractivity contribution in [1.29, 1.82) is 0 Å². The highest BCUT2D eigenvalue weighted by atomic mass is 32.2. The van der Waals surface area contributed by atoms with Crippen molar-refractivity contribution in [3.05, 3.63) is 61.2 Å². The Hall–Kier alpha value is -2.00. The summed E-state index contributed by atoms with van der Waals surface area (Å²) in [5.41, 5.74) is 3.37. The lowest BCUT2D eigenvalue weighted by atomic mass is 10.2. The summed E-state index contributed by atoms with van der Waals surface area (Å²) in [7, 11) is 0. The molecular formula is C19H20N2S. The van der Waals surface area contributed by atoms with Gasteiger partial charge in [0.25, 0.3) is 0 Å². The van der Waals surface area contributed by atoms with Crippen LogP contribution in [0.15, 0.2) is 66.1 Å². The molecule has 3 rings (SSSR count). The average molecular weight is 308 g/mol. The molecule has 0 unspecified atom stereocenters. The van der Waals surface area contributed by atoms with E-state index in [0.29, 0.717) is 0 Å². The van der Waals surface area contributed by atoms with Crippen LogP contribution < -0.4 is 0 Å². The van der Waals surface area contributed by atoms with Crippen LogP contribution in [0.5, 0.6) is 0 Å². The smallest absolute Gasteiger partial charge is 0.141 e. The topological polar surface area (TPSA) is 17.8 Å². The van der Waals surface area contributed by atoms with Crippen LogP contribution in [-0.4, -0.2) is 15.3 Å². The Labute approximate surface area is 135 Å². The van der Waals surface area contributed by atoms with Crippen LogP contribution in [-0.2, 0) is 6.54 Å². The summed E-state index contributed by atoms with van der Waals surface area (Å²) >= 11 is 1.90. The monoisotopic (exact) mass is 308 g/mol. The van der Waals surface area contributed by atoms with Crippen LogP contribution >= 0.6 is 11.8 Å². The molecule has 0 N–H and O–H groups in total. The zero-order chi connectivity index (χ0) is 15.4. The van der Waals surface area contributed by atoms with Crippen LogP contribution in [0.4, 0.5) is 0 Å². The quantitative estimate of drug-likeness (QED) is 0.449. The van der Waals surface area contributed by atoms with Crippen molar-refractivity contribution in [1.82, 2.24) is 9.55 Å². The van der Waals surface area contributed by atoms with E-state index in [2.05, 4.69) is 60.5 Å². The zero-order valence-corrected chi connectivity index (χ0v) is 13.6. The maximum absolute atomic E-state index is 4.83. The van der Waals surface area contributed by atoms with Crippen LogP contribution in [0.3, 0.4) is 0 Å². The molecule has 0 radical (unpaired) electrons. The van der Waals surface area contributed by atoms with Gasteiger partial charge in [-0.15, -0.1) is 18.3 Å². The van der Waals surface area contributed by atoms with E-state index in [0.717, 1.165) is 29.2 Å². The SMILES string of the molecule is C=CCn1c(-c2ccccc2)nc2ccc(SCCC)cc21. The van der Waals surface area contributed by atoms with Crippen LogP contribution in [0.2, 0.25) is 0 Å². The predicted octanol–water partition coefficient (Wildman–Crippen LogP) is 5.39. The molecule has 0 aliphatic heterocycles. The van der Waals surface area contributed by atoms with Crippen LogP contribution in [0, 0.1) is 0 Å². The summed E-state index contributed by atoms with van der Waals surface area (Å²) in [5.74, 6) is 2.15. The largest absolute Gasteiger partial charge is 0.320 e. The van der Waals surface area contributed by atoms with Gasteiger partial charge in [0.15, 0.2) is 0 Å². The third-order valence-electron chi connectivity index (χ3n) is 3.54. The number of nitrogens with zero attached hydrogens (tertiary/aromatic N) is 2. The van der Waals surface area contributed by atoms with Crippen molar-refractivity contribution in [2.45, 2.75) is 24.8 Å². The molecule has 22 heavy (non-hydrogen) atoms. The minimum atomic E-state index is 0.766. The van der Waals surface area contributed by atoms with Crippen molar-refractivity contribution in [2.75, 3.05) is 5.75 Å². The van der Waals surface area contributed by atoms with Crippen LogP contribution in [0.25, 0.3) is 22.4 Å². The molecule has 0 amide bonds. The number of fused-ring (bicyclic) bond motifs is 1. The molecule has 2 nitrogen and oxygen atoms in total. The number of benzene rings is 2. The lowest BCUT2D eigenvalue weighted by Gasteiger charge is -2.07. The lowest BCUT2D eigenvalue weighted by molar-refractivity contribution is 0.861. The normalized spacial score (nSPS) is 11.0. The van der Waals surface area contributed by atoms with Gasteiger partial charge in [0, 0.05) is 17.0 Å². The third-order valence-corrected chi connectivity index (χ3v) is 4.74. The summed E-state index contributed by atoms with van der Waals surface area (Å²) < 4.78 is 2.24. The molecule has 0 atom stereocenters. The minimum absolute atomic E-state index is 0.766. The summed E-state index contributed by atoms with van der Waals surface area (Å²) in [5, 5.41) is 0. The van der Waals surface area contributed by atoms with E-state index < -0.39 is 0 Å². The zero-order valence-electron chi connectivity index (χ0n) is 12.8. The van der Waals surface area contributed by atoms with Gasteiger partial charge in [-0.25, -0.2) is 4.98 Å². The summed E-state index contributed by atoms with van der Waals surface area (Å²) in [6.07, 6.45) is 3.11. The van der Waals surface area contributed by atoms with Crippen molar-refractivity contribution in [3.63, 3.8) is 0 Å². The Bertz CT molecular complexity index is 775. The van der Waals surface area contributed by atoms with Gasteiger partial charge < -0.3 is 4.57 Å². The molecular weight excluding hydrogens is 288 g/mol. The molecule has 112 valence electrons. The number of thioether (sulfide) groups is 1. The number of hydrogen-bond donors (Lipinski definition) is 0. The molecule has 3 heteroatoms. The summed E-state index contributed by atoms with van der Waals surface area (Å²) in [6, 6.07) is 16.9. The number of rotatable bonds is 6. The molecule has 0 aliphatic carbocycles.